The van der Waals surface area contributed by atoms with Gasteiger partial charge in [0.2, 0.25) is 5.91 Å². The Balaban J connectivity index is 1.59. The zero-order valence-electron chi connectivity index (χ0n) is 15.7. The first-order valence-corrected chi connectivity index (χ1v) is 9.35. The smallest absolute Gasteiger partial charge is 0.262 e. The number of benzene rings is 1. The monoisotopic (exact) mass is 386 g/mol. The molecular formula is C19H22N4O3S. The molecule has 0 saturated heterocycles. The van der Waals surface area contributed by atoms with Gasteiger partial charge < -0.3 is 15.4 Å². The Morgan fingerprint density at radius 1 is 1.33 bits per heavy atom. The van der Waals surface area contributed by atoms with Crippen LogP contribution >= 0.6 is 11.3 Å². The Morgan fingerprint density at radius 2 is 2.11 bits per heavy atom. The van der Waals surface area contributed by atoms with E-state index >= 15 is 0 Å². The number of carbonyl (C=O) groups is 2. The predicted molar refractivity (Wildman–Crippen MR) is 105 cm³/mol. The zero-order valence-corrected chi connectivity index (χ0v) is 16.5. The number of hydrogen-bond donors (Lipinski definition) is 2. The summed E-state index contributed by atoms with van der Waals surface area (Å²) < 4.78 is 6.93. The number of fused-ring (bicyclic) bond motifs is 1. The molecule has 3 rings (SSSR count). The van der Waals surface area contributed by atoms with Crippen molar-refractivity contribution in [1.82, 2.24) is 20.4 Å². The van der Waals surface area contributed by atoms with Crippen LogP contribution in [0.2, 0.25) is 0 Å². The topological polar surface area (TPSA) is 85.2 Å². The van der Waals surface area contributed by atoms with Gasteiger partial charge in [-0.2, -0.15) is 5.10 Å². The van der Waals surface area contributed by atoms with E-state index in [0.717, 1.165) is 27.2 Å². The van der Waals surface area contributed by atoms with E-state index in [9.17, 15) is 9.59 Å². The number of rotatable bonds is 6. The minimum Gasteiger partial charge on any atom is -0.497 e. The molecule has 8 heteroatoms. The van der Waals surface area contributed by atoms with Crippen LogP contribution in [0.4, 0.5) is 0 Å². The molecule has 1 aromatic carbocycles. The lowest BCUT2D eigenvalue weighted by atomic mass is 10.2. The van der Waals surface area contributed by atoms with Crippen molar-refractivity contribution >= 4 is 33.4 Å². The lowest BCUT2D eigenvalue weighted by Gasteiger charge is -2.14. The van der Waals surface area contributed by atoms with Gasteiger partial charge in [-0.3, -0.25) is 14.3 Å². The van der Waals surface area contributed by atoms with E-state index in [4.69, 9.17) is 4.74 Å². The highest BCUT2D eigenvalue weighted by Gasteiger charge is 2.19. The van der Waals surface area contributed by atoms with Crippen LogP contribution in [0.15, 0.2) is 30.3 Å². The summed E-state index contributed by atoms with van der Waals surface area (Å²) in [4.78, 5) is 26.3. The Morgan fingerprint density at radius 3 is 2.81 bits per heavy atom. The summed E-state index contributed by atoms with van der Waals surface area (Å²) in [5.41, 5.74) is 1.81. The molecule has 0 aliphatic rings. The SMILES string of the molecule is COc1cccc(CNC(=O)[C@@H](C)NC(=O)c2cc3c(C)nn(C)c3s2)c1. The number of aromatic nitrogens is 2. The quantitative estimate of drug-likeness (QED) is 0.681. The molecular weight excluding hydrogens is 364 g/mol. The fourth-order valence-electron chi connectivity index (χ4n) is 2.78. The molecule has 142 valence electrons. The molecule has 2 N–H and O–H groups in total. The van der Waals surface area contributed by atoms with Crippen LogP contribution in [0, 0.1) is 6.92 Å². The van der Waals surface area contributed by atoms with Crippen LogP contribution < -0.4 is 15.4 Å². The largest absolute Gasteiger partial charge is 0.497 e. The van der Waals surface area contributed by atoms with Crippen LogP contribution in [0.5, 0.6) is 5.75 Å². The van der Waals surface area contributed by atoms with Crippen molar-refractivity contribution in [2.45, 2.75) is 26.4 Å². The average Bonchev–Trinajstić information content (AvgIpc) is 3.21. The molecule has 0 aliphatic carbocycles. The van der Waals surface area contributed by atoms with Gasteiger partial charge in [0, 0.05) is 19.0 Å². The lowest BCUT2D eigenvalue weighted by molar-refractivity contribution is -0.122. The van der Waals surface area contributed by atoms with Gasteiger partial charge in [0.05, 0.1) is 17.7 Å². The van der Waals surface area contributed by atoms with Gasteiger partial charge in [-0.05, 0) is 37.6 Å². The highest BCUT2D eigenvalue weighted by molar-refractivity contribution is 7.20. The van der Waals surface area contributed by atoms with E-state index < -0.39 is 6.04 Å². The van der Waals surface area contributed by atoms with Crippen molar-refractivity contribution in [3.63, 3.8) is 0 Å². The van der Waals surface area contributed by atoms with Crippen molar-refractivity contribution in [2.24, 2.45) is 7.05 Å². The number of nitrogens with zero attached hydrogens (tertiary/aromatic N) is 2. The third-order valence-corrected chi connectivity index (χ3v) is 5.46. The van der Waals surface area contributed by atoms with Crippen LogP contribution in [-0.2, 0) is 18.4 Å². The molecule has 27 heavy (non-hydrogen) atoms. The summed E-state index contributed by atoms with van der Waals surface area (Å²) in [5, 5.41) is 10.9. The number of nitrogens with one attached hydrogen (secondary N) is 2. The Hall–Kier alpha value is -2.87. The summed E-state index contributed by atoms with van der Waals surface area (Å²) in [6.07, 6.45) is 0. The summed E-state index contributed by atoms with van der Waals surface area (Å²) in [6.45, 7) is 3.94. The summed E-state index contributed by atoms with van der Waals surface area (Å²) in [6, 6.07) is 8.64. The predicted octanol–water partition coefficient (Wildman–Crippen LogP) is 2.39. The third kappa shape index (κ3) is 4.11. The van der Waals surface area contributed by atoms with E-state index in [1.807, 2.05) is 44.3 Å². The number of methoxy groups -OCH3 is 1. The zero-order chi connectivity index (χ0) is 19.6. The molecule has 0 aliphatic heterocycles. The molecule has 2 aromatic heterocycles. The maximum atomic E-state index is 12.5. The van der Waals surface area contributed by atoms with Crippen LogP contribution in [0.3, 0.4) is 0 Å². The molecule has 0 saturated carbocycles. The highest BCUT2D eigenvalue weighted by atomic mass is 32.1. The van der Waals surface area contributed by atoms with E-state index in [1.165, 1.54) is 11.3 Å². The Bertz CT molecular complexity index is 958. The van der Waals surface area contributed by atoms with Gasteiger partial charge in [0.1, 0.15) is 16.6 Å². The van der Waals surface area contributed by atoms with E-state index in [1.54, 1.807) is 18.7 Å². The van der Waals surface area contributed by atoms with Crippen molar-refractivity contribution in [3.8, 4) is 5.75 Å². The van der Waals surface area contributed by atoms with Gasteiger partial charge in [0.15, 0.2) is 0 Å². The fourth-order valence-corrected chi connectivity index (χ4v) is 3.80. The van der Waals surface area contributed by atoms with Gasteiger partial charge in [-0.25, -0.2) is 0 Å². The Labute approximate surface area is 161 Å². The minimum absolute atomic E-state index is 0.245. The maximum Gasteiger partial charge on any atom is 0.262 e. The van der Waals surface area contributed by atoms with Gasteiger partial charge in [0.25, 0.3) is 5.91 Å². The molecule has 0 fully saturated rings. The first kappa shape index (κ1) is 18.9. The molecule has 1 atom stereocenters. The number of thiophene rings is 1. The summed E-state index contributed by atoms with van der Waals surface area (Å²) >= 11 is 1.36. The number of aryl methyl sites for hydroxylation is 2. The number of carbonyl (C=O) groups excluding carboxylic acids is 2. The minimum atomic E-state index is -0.646. The van der Waals surface area contributed by atoms with Crippen molar-refractivity contribution in [1.29, 1.82) is 0 Å². The first-order chi connectivity index (χ1) is 12.9. The normalized spacial score (nSPS) is 12.0. The molecule has 0 unspecified atom stereocenters. The van der Waals surface area contributed by atoms with Crippen molar-refractivity contribution in [2.75, 3.05) is 7.11 Å². The molecule has 2 heterocycles. The van der Waals surface area contributed by atoms with Crippen LogP contribution in [0.25, 0.3) is 10.2 Å². The summed E-state index contributed by atoms with van der Waals surface area (Å²) in [7, 11) is 3.45. The first-order valence-electron chi connectivity index (χ1n) is 8.53. The highest BCUT2D eigenvalue weighted by Crippen LogP contribution is 2.27. The molecule has 0 spiro atoms. The maximum absolute atomic E-state index is 12.5. The standard InChI is InChI=1S/C19H22N4O3S/c1-11-15-9-16(27-19(15)23(3)22-11)18(25)21-12(2)17(24)20-10-13-6-5-7-14(8-13)26-4/h5-9,12H,10H2,1-4H3,(H,20,24)(H,21,25)/t12-/m1/s1. The number of amides is 2. The van der Waals surface area contributed by atoms with Crippen molar-refractivity contribution < 1.29 is 14.3 Å². The van der Waals surface area contributed by atoms with E-state index in [0.29, 0.717) is 11.4 Å². The molecule has 0 radical (unpaired) electrons. The molecule has 7 nitrogen and oxygen atoms in total. The second kappa shape index (κ2) is 7.79. The average molecular weight is 386 g/mol. The van der Waals surface area contributed by atoms with Crippen molar-refractivity contribution in [3.05, 3.63) is 46.5 Å². The Kier molecular flexibility index (Phi) is 5.46. The number of ether oxygens (including phenoxy) is 1. The molecule has 0 bridgehead atoms. The van der Waals surface area contributed by atoms with E-state index in [-0.39, 0.29) is 11.8 Å². The molecule has 3 aromatic rings. The lowest BCUT2D eigenvalue weighted by Crippen LogP contribution is -2.44. The second-order valence-electron chi connectivity index (χ2n) is 6.30. The van der Waals surface area contributed by atoms with Gasteiger partial charge in [-0.1, -0.05) is 12.1 Å². The van der Waals surface area contributed by atoms with Crippen LogP contribution in [-0.4, -0.2) is 34.7 Å². The van der Waals surface area contributed by atoms with Gasteiger partial charge >= 0.3 is 0 Å². The number of hydrogen-bond acceptors (Lipinski definition) is 5. The molecule has 2 amide bonds. The summed E-state index contributed by atoms with van der Waals surface area (Å²) in [5.74, 6) is 0.224. The van der Waals surface area contributed by atoms with E-state index in [2.05, 4.69) is 15.7 Å². The third-order valence-electron chi connectivity index (χ3n) is 4.26. The van der Waals surface area contributed by atoms with Gasteiger partial charge in [-0.15, -0.1) is 11.3 Å². The fraction of sp³-hybridized carbons (Fsp3) is 0.316. The second-order valence-corrected chi connectivity index (χ2v) is 7.33. The van der Waals surface area contributed by atoms with Crippen LogP contribution in [0.1, 0.15) is 27.9 Å².